The normalized spacial score (nSPS) is 13.7. The Bertz CT molecular complexity index is 852. The molecule has 146 valence electrons. The van der Waals surface area contributed by atoms with Crippen LogP contribution in [0, 0.1) is 0 Å². The molecule has 2 aromatic rings. The van der Waals surface area contributed by atoms with Gasteiger partial charge in [0.05, 0.1) is 12.7 Å². The summed E-state index contributed by atoms with van der Waals surface area (Å²) in [7, 11) is 3.17. The van der Waals surface area contributed by atoms with Crippen LogP contribution in [-0.4, -0.2) is 44.0 Å². The number of rotatable bonds is 6. The summed E-state index contributed by atoms with van der Waals surface area (Å²) in [6, 6.07) is 15.3. The lowest BCUT2D eigenvalue weighted by Gasteiger charge is -2.24. The largest absolute Gasteiger partial charge is 0.465 e. The van der Waals surface area contributed by atoms with Gasteiger partial charge >= 0.3 is 5.97 Å². The van der Waals surface area contributed by atoms with Crippen molar-refractivity contribution in [3.8, 4) is 0 Å². The van der Waals surface area contributed by atoms with E-state index in [9.17, 15) is 9.59 Å². The zero-order valence-electron chi connectivity index (χ0n) is 16.4. The van der Waals surface area contributed by atoms with Gasteiger partial charge in [-0.15, -0.1) is 0 Å². The lowest BCUT2D eigenvalue weighted by molar-refractivity contribution is -0.125. The van der Waals surface area contributed by atoms with E-state index in [2.05, 4.69) is 27.8 Å². The van der Waals surface area contributed by atoms with Gasteiger partial charge in [0, 0.05) is 38.4 Å². The van der Waals surface area contributed by atoms with Crippen LogP contribution in [0.25, 0.3) is 6.08 Å². The van der Waals surface area contributed by atoms with Crippen molar-refractivity contribution >= 4 is 23.6 Å². The maximum Gasteiger partial charge on any atom is 0.337 e. The van der Waals surface area contributed by atoms with Crippen molar-refractivity contribution in [1.29, 1.82) is 0 Å². The SMILES string of the molecule is COC(=O)c1ccc(/C=C/C(=O)N(C)Cc2ccccc2N2CCCC2)cc1. The Labute approximate surface area is 166 Å². The van der Waals surface area contributed by atoms with Crippen LogP contribution in [0.15, 0.2) is 54.6 Å². The molecule has 1 aliphatic rings. The van der Waals surface area contributed by atoms with Gasteiger partial charge < -0.3 is 14.5 Å². The van der Waals surface area contributed by atoms with E-state index < -0.39 is 0 Å². The van der Waals surface area contributed by atoms with Gasteiger partial charge in [0.1, 0.15) is 0 Å². The zero-order chi connectivity index (χ0) is 19.9. The molecule has 1 aliphatic heterocycles. The van der Waals surface area contributed by atoms with Crippen LogP contribution in [0.5, 0.6) is 0 Å². The lowest BCUT2D eigenvalue weighted by atomic mass is 10.1. The van der Waals surface area contributed by atoms with E-state index in [4.69, 9.17) is 0 Å². The first-order chi connectivity index (χ1) is 13.6. The van der Waals surface area contributed by atoms with E-state index in [0.29, 0.717) is 12.1 Å². The molecule has 2 aromatic carbocycles. The molecule has 0 N–H and O–H groups in total. The first kappa shape index (κ1) is 19.7. The first-order valence-corrected chi connectivity index (χ1v) is 9.53. The summed E-state index contributed by atoms with van der Waals surface area (Å²) in [4.78, 5) is 28.1. The Morgan fingerprint density at radius 1 is 1.07 bits per heavy atom. The summed E-state index contributed by atoms with van der Waals surface area (Å²) in [5.74, 6) is -0.434. The zero-order valence-corrected chi connectivity index (χ0v) is 16.4. The Morgan fingerprint density at radius 2 is 1.75 bits per heavy atom. The topological polar surface area (TPSA) is 49.9 Å². The summed E-state index contributed by atoms with van der Waals surface area (Å²) in [5.41, 5.74) is 3.73. The molecule has 0 saturated carbocycles. The van der Waals surface area contributed by atoms with Crippen LogP contribution in [0.1, 0.15) is 34.3 Å². The van der Waals surface area contributed by atoms with Gasteiger partial charge in [0.2, 0.25) is 5.91 Å². The minimum absolute atomic E-state index is 0.0618. The highest BCUT2D eigenvalue weighted by molar-refractivity contribution is 5.92. The van der Waals surface area contributed by atoms with Crippen LogP contribution >= 0.6 is 0 Å². The van der Waals surface area contributed by atoms with Crippen LogP contribution in [-0.2, 0) is 16.1 Å². The van der Waals surface area contributed by atoms with E-state index in [1.165, 1.54) is 25.6 Å². The third-order valence-electron chi connectivity index (χ3n) is 4.97. The van der Waals surface area contributed by atoms with Crippen LogP contribution < -0.4 is 4.90 Å². The number of esters is 1. The number of methoxy groups -OCH3 is 1. The molecule has 0 unspecified atom stereocenters. The van der Waals surface area contributed by atoms with Crippen LogP contribution in [0.3, 0.4) is 0 Å². The second-order valence-corrected chi connectivity index (χ2v) is 6.96. The molecule has 5 nitrogen and oxygen atoms in total. The summed E-state index contributed by atoms with van der Waals surface area (Å²) in [6.07, 6.45) is 5.76. The van der Waals surface area contributed by atoms with Gasteiger partial charge in [0.25, 0.3) is 0 Å². The Morgan fingerprint density at radius 3 is 2.43 bits per heavy atom. The van der Waals surface area contributed by atoms with Gasteiger partial charge in [0.15, 0.2) is 0 Å². The second kappa shape index (κ2) is 9.22. The van der Waals surface area contributed by atoms with Gasteiger partial charge in [-0.05, 0) is 48.2 Å². The number of amides is 1. The highest BCUT2D eigenvalue weighted by Gasteiger charge is 2.17. The third kappa shape index (κ3) is 4.80. The monoisotopic (exact) mass is 378 g/mol. The molecule has 0 aromatic heterocycles. The van der Waals surface area contributed by atoms with Crippen molar-refractivity contribution < 1.29 is 14.3 Å². The van der Waals surface area contributed by atoms with E-state index in [1.54, 1.807) is 41.3 Å². The summed E-state index contributed by atoms with van der Waals surface area (Å²) < 4.78 is 4.69. The van der Waals surface area contributed by atoms with E-state index in [-0.39, 0.29) is 11.9 Å². The number of hydrogen-bond donors (Lipinski definition) is 0. The second-order valence-electron chi connectivity index (χ2n) is 6.96. The maximum atomic E-state index is 12.5. The Hall–Kier alpha value is -3.08. The quantitative estimate of drug-likeness (QED) is 0.567. The highest BCUT2D eigenvalue weighted by atomic mass is 16.5. The third-order valence-corrected chi connectivity index (χ3v) is 4.97. The van der Waals surface area contributed by atoms with E-state index >= 15 is 0 Å². The molecule has 28 heavy (non-hydrogen) atoms. The average Bonchev–Trinajstić information content (AvgIpc) is 3.26. The average molecular weight is 378 g/mol. The fraction of sp³-hybridized carbons (Fsp3) is 0.304. The lowest BCUT2D eigenvalue weighted by Crippen LogP contribution is -2.26. The minimum Gasteiger partial charge on any atom is -0.465 e. The molecule has 0 atom stereocenters. The molecular formula is C23H26N2O3. The highest BCUT2D eigenvalue weighted by Crippen LogP contribution is 2.25. The minimum atomic E-state index is -0.372. The number of anilines is 1. The molecule has 0 aliphatic carbocycles. The number of carbonyl (C=O) groups is 2. The number of carbonyl (C=O) groups excluding carboxylic acids is 2. The molecule has 0 spiro atoms. The standard InChI is InChI=1S/C23H26N2O3/c1-24(17-20-7-3-4-8-21(20)25-15-5-6-16-25)22(26)14-11-18-9-12-19(13-10-18)23(27)28-2/h3-4,7-14H,5-6,15-17H2,1-2H3/b14-11+. The van der Waals surface area contributed by atoms with Crippen molar-refractivity contribution in [2.45, 2.75) is 19.4 Å². The smallest absolute Gasteiger partial charge is 0.337 e. The predicted molar refractivity (Wildman–Crippen MR) is 111 cm³/mol. The molecule has 1 fully saturated rings. The summed E-state index contributed by atoms with van der Waals surface area (Å²) >= 11 is 0. The van der Waals surface area contributed by atoms with Gasteiger partial charge in [-0.25, -0.2) is 4.79 Å². The van der Waals surface area contributed by atoms with Crippen molar-refractivity contribution in [2.75, 3.05) is 32.1 Å². The van der Waals surface area contributed by atoms with Crippen molar-refractivity contribution in [2.24, 2.45) is 0 Å². The molecule has 5 heteroatoms. The van der Waals surface area contributed by atoms with Gasteiger partial charge in [-0.3, -0.25) is 4.79 Å². The molecule has 1 saturated heterocycles. The number of benzene rings is 2. The molecule has 0 radical (unpaired) electrons. The number of likely N-dealkylation sites (N-methyl/N-ethyl adjacent to an activating group) is 1. The first-order valence-electron chi connectivity index (χ1n) is 9.53. The maximum absolute atomic E-state index is 12.5. The molecule has 1 amide bonds. The number of ether oxygens (including phenoxy) is 1. The van der Waals surface area contributed by atoms with Crippen molar-refractivity contribution in [1.82, 2.24) is 4.90 Å². The van der Waals surface area contributed by atoms with Crippen LogP contribution in [0.2, 0.25) is 0 Å². The fourth-order valence-corrected chi connectivity index (χ4v) is 3.39. The van der Waals surface area contributed by atoms with E-state index in [1.807, 2.05) is 13.1 Å². The Balaban J connectivity index is 1.63. The summed E-state index contributed by atoms with van der Waals surface area (Å²) in [6.45, 7) is 2.73. The number of para-hydroxylation sites is 1. The van der Waals surface area contributed by atoms with E-state index in [0.717, 1.165) is 24.2 Å². The fourth-order valence-electron chi connectivity index (χ4n) is 3.39. The van der Waals surface area contributed by atoms with Gasteiger partial charge in [-0.2, -0.15) is 0 Å². The Kier molecular flexibility index (Phi) is 6.48. The van der Waals surface area contributed by atoms with Gasteiger partial charge in [-0.1, -0.05) is 30.3 Å². The molecule has 1 heterocycles. The predicted octanol–water partition coefficient (Wildman–Crippen LogP) is 3.75. The van der Waals surface area contributed by atoms with Crippen LogP contribution in [0.4, 0.5) is 5.69 Å². The summed E-state index contributed by atoms with van der Waals surface area (Å²) in [5, 5.41) is 0. The van der Waals surface area contributed by atoms with Crippen molar-refractivity contribution in [3.05, 3.63) is 71.3 Å². The molecular weight excluding hydrogens is 352 g/mol. The van der Waals surface area contributed by atoms with Crippen molar-refractivity contribution in [3.63, 3.8) is 0 Å². The number of nitrogens with zero attached hydrogens (tertiary/aromatic N) is 2. The molecule has 3 rings (SSSR count). The molecule has 0 bridgehead atoms. The number of hydrogen-bond acceptors (Lipinski definition) is 4.